The van der Waals surface area contributed by atoms with E-state index in [2.05, 4.69) is 15.8 Å². The van der Waals surface area contributed by atoms with Crippen molar-refractivity contribution >= 4 is 7.82 Å². The fourth-order valence-electron chi connectivity index (χ4n) is 0.187. The smallest absolute Gasteiger partial charge is 0.301 e. The summed E-state index contributed by atoms with van der Waals surface area (Å²) in [5.41, 5.74) is 0. The molecule has 0 spiro atoms. The van der Waals surface area contributed by atoms with Gasteiger partial charge in [0, 0.05) is 0 Å². The van der Waals surface area contributed by atoms with Crippen LogP contribution in [0.3, 0.4) is 0 Å². The summed E-state index contributed by atoms with van der Waals surface area (Å²) < 4.78 is 38.7. The second-order valence-electron chi connectivity index (χ2n) is 1.23. The average molecular weight is 174 g/mol. The monoisotopic (exact) mass is 174 g/mol. The fourth-order valence-corrected chi connectivity index (χ4v) is 0.560. The molecule has 0 aromatic heterocycles. The van der Waals surface area contributed by atoms with Crippen molar-refractivity contribution in [3.63, 3.8) is 0 Å². The summed E-state index contributed by atoms with van der Waals surface area (Å²) in [7, 11) is -4.86. The molecule has 2 atom stereocenters. The van der Waals surface area contributed by atoms with Gasteiger partial charge in [0.15, 0.2) is 0 Å². The molecule has 0 fully saturated rings. The van der Waals surface area contributed by atoms with E-state index in [0.29, 0.717) is 6.08 Å². The van der Waals surface area contributed by atoms with Crippen LogP contribution in [0, 0.1) is 0 Å². The Labute approximate surface area is 55.6 Å². The van der Waals surface area contributed by atoms with Gasteiger partial charge < -0.3 is 4.89 Å². The van der Waals surface area contributed by atoms with Gasteiger partial charge in [-0.2, -0.15) is 0 Å². The maximum absolute atomic E-state index is 11.9. The van der Waals surface area contributed by atoms with E-state index in [1.807, 2.05) is 0 Å². The zero-order valence-electron chi connectivity index (χ0n) is 4.74. The molecule has 0 aliphatic heterocycles. The number of hydrogen-bond acceptors (Lipinski definition) is 3. The molecule has 1 N–H and O–H groups in total. The Balaban J connectivity index is 3.88. The lowest BCUT2D eigenvalue weighted by Crippen LogP contribution is -1.99. The van der Waals surface area contributed by atoms with E-state index in [1.165, 1.54) is 0 Å². The number of phosphoric acid groups is 1. The van der Waals surface area contributed by atoms with Gasteiger partial charge in [-0.15, -0.1) is 0 Å². The highest BCUT2D eigenvalue weighted by Gasteiger charge is 2.25. The second kappa shape index (κ2) is 3.78. The molecule has 7 heteroatoms. The molecule has 0 aromatic carbocycles. The van der Waals surface area contributed by atoms with Crippen molar-refractivity contribution in [3.8, 4) is 0 Å². The maximum Gasteiger partial charge on any atom is 0.506 e. The molecule has 60 valence electrons. The lowest BCUT2D eigenvalue weighted by molar-refractivity contribution is -0.0642. The molecule has 0 aliphatic carbocycles. The van der Waals surface area contributed by atoms with Gasteiger partial charge in [-0.25, -0.2) is 13.5 Å². The molecule has 2 unspecified atom stereocenters. The van der Waals surface area contributed by atoms with Crippen LogP contribution in [0.25, 0.3) is 0 Å². The zero-order valence-corrected chi connectivity index (χ0v) is 5.63. The van der Waals surface area contributed by atoms with Crippen LogP contribution in [0.5, 0.6) is 0 Å². The van der Waals surface area contributed by atoms with Crippen LogP contribution in [-0.4, -0.2) is 11.3 Å². The number of phosphoric ester groups is 1. The standard InChI is InChI=1S/C3H5F2O4P/c1-2-3(4)8-10(6,7)9-5/h2-3H,1H2,(H,6,7). The topological polar surface area (TPSA) is 55.8 Å². The summed E-state index contributed by atoms with van der Waals surface area (Å²) in [5, 5.41) is 0. The summed E-state index contributed by atoms with van der Waals surface area (Å²) in [6, 6.07) is 0. The molecule has 0 saturated carbocycles. The second-order valence-corrected chi connectivity index (χ2v) is 2.52. The van der Waals surface area contributed by atoms with E-state index in [-0.39, 0.29) is 0 Å². The summed E-state index contributed by atoms with van der Waals surface area (Å²) in [4.78, 5) is 8.07. The van der Waals surface area contributed by atoms with Crippen LogP contribution in [-0.2, 0) is 13.8 Å². The third-order valence-electron chi connectivity index (χ3n) is 0.506. The first-order valence-electron chi connectivity index (χ1n) is 2.10. The van der Waals surface area contributed by atoms with E-state index >= 15 is 0 Å². The van der Waals surface area contributed by atoms with Crippen LogP contribution in [0.1, 0.15) is 0 Å². The molecule has 4 nitrogen and oxygen atoms in total. The molecule has 0 radical (unpaired) electrons. The van der Waals surface area contributed by atoms with Gasteiger partial charge in [0.25, 0.3) is 0 Å². The first-order chi connectivity index (χ1) is 4.52. The van der Waals surface area contributed by atoms with Crippen LogP contribution < -0.4 is 0 Å². The summed E-state index contributed by atoms with van der Waals surface area (Å²) in [6.07, 6.45) is -1.64. The normalized spacial score (nSPS) is 19.5. The molecule has 0 aliphatic rings. The SMILES string of the molecule is C=CC(F)OP(=O)(O)OF. The van der Waals surface area contributed by atoms with Gasteiger partial charge in [0.1, 0.15) is 0 Å². The first-order valence-corrected chi connectivity index (χ1v) is 3.59. The number of halogens is 2. The van der Waals surface area contributed by atoms with Crippen LogP contribution in [0.4, 0.5) is 8.92 Å². The van der Waals surface area contributed by atoms with Gasteiger partial charge in [0.2, 0.25) is 6.36 Å². The fraction of sp³-hybridized carbons (Fsp3) is 0.333. The average Bonchev–Trinajstić information content (AvgIpc) is 1.87. The lowest BCUT2D eigenvalue weighted by atomic mass is 10.7. The van der Waals surface area contributed by atoms with Gasteiger partial charge in [-0.1, -0.05) is 11.3 Å². The molecule has 10 heavy (non-hydrogen) atoms. The lowest BCUT2D eigenvalue weighted by Gasteiger charge is -2.05. The minimum atomic E-state index is -4.86. The van der Waals surface area contributed by atoms with E-state index in [1.54, 1.807) is 0 Å². The molecule has 0 bridgehead atoms. The number of rotatable bonds is 4. The van der Waals surface area contributed by atoms with Gasteiger partial charge >= 0.3 is 7.82 Å². The van der Waals surface area contributed by atoms with E-state index in [4.69, 9.17) is 4.89 Å². The van der Waals surface area contributed by atoms with E-state index in [0.717, 1.165) is 0 Å². The highest BCUT2D eigenvalue weighted by molar-refractivity contribution is 7.47. The van der Waals surface area contributed by atoms with E-state index in [9.17, 15) is 13.5 Å². The molecular weight excluding hydrogens is 169 g/mol. The summed E-state index contributed by atoms with van der Waals surface area (Å²) >= 11 is 0. The van der Waals surface area contributed by atoms with Crippen molar-refractivity contribution < 1.29 is 27.6 Å². The predicted molar refractivity (Wildman–Crippen MR) is 28.2 cm³/mol. The quantitative estimate of drug-likeness (QED) is 0.518. The van der Waals surface area contributed by atoms with Crippen LogP contribution in [0.2, 0.25) is 0 Å². The van der Waals surface area contributed by atoms with Crippen molar-refractivity contribution in [2.45, 2.75) is 6.36 Å². The largest absolute Gasteiger partial charge is 0.506 e. The predicted octanol–water partition coefficient (Wildman–Crippen LogP) is 1.49. The molecule has 0 aromatic rings. The molecule has 0 rings (SSSR count). The number of hydrogen-bond donors (Lipinski definition) is 1. The van der Waals surface area contributed by atoms with Crippen LogP contribution in [0.15, 0.2) is 12.7 Å². The Hall–Kier alpha value is -0.290. The van der Waals surface area contributed by atoms with Crippen LogP contribution >= 0.6 is 7.82 Å². The third-order valence-corrected chi connectivity index (χ3v) is 1.15. The van der Waals surface area contributed by atoms with Crippen molar-refractivity contribution in [2.24, 2.45) is 0 Å². The minimum absolute atomic E-state index is 0.571. The maximum atomic E-state index is 11.9. The van der Waals surface area contributed by atoms with E-state index < -0.39 is 14.2 Å². The van der Waals surface area contributed by atoms with Gasteiger partial charge in [-0.05, 0) is 10.6 Å². The summed E-state index contributed by atoms with van der Waals surface area (Å²) in [5.74, 6) is 0. The number of alkyl halides is 1. The highest BCUT2D eigenvalue weighted by Crippen LogP contribution is 2.45. The van der Waals surface area contributed by atoms with Crippen molar-refractivity contribution in [1.82, 2.24) is 0 Å². The van der Waals surface area contributed by atoms with Crippen molar-refractivity contribution in [1.29, 1.82) is 0 Å². The first kappa shape index (κ1) is 9.71. The molecule has 0 amide bonds. The third kappa shape index (κ3) is 3.68. The highest BCUT2D eigenvalue weighted by atomic mass is 31.2. The van der Waals surface area contributed by atoms with Gasteiger partial charge in [0.05, 0.1) is 0 Å². The Kier molecular flexibility index (Phi) is 3.67. The minimum Gasteiger partial charge on any atom is -0.301 e. The Morgan fingerprint density at radius 1 is 1.80 bits per heavy atom. The van der Waals surface area contributed by atoms with Gasteiger partial charge in [-0.3, -0.25) is 0 Å². The zero-order chi connectivity index (χ0) is 8.20. The Bertz CT molecular complexity index is 161. The molecule has 0 heterocycles. The Morgan fingerprint density at radius 3 is 2.60 bits per heavy atom. The van der Waals surface area contributed by atoms with Crippen molar-refractivity contribution in [2.75, 3.05) is 0 Å². The molecule has 0 saturated heterocycles. The molecular formula is C3H5F2O4P. The van der Waals surface area contributed by atoms with Crippen molar-refractivity contribution in [3.05, 3.63) is 12.7 Å². The summed E-state index contributed by atoms with van der Waals surface area (Å²) in [6.45, 7) is 2.87. The Morgan fingerprint density at radius 2 is 2.30 bits per heavy atom.